The third-order valence-electron chi connectivity index (χ3n) is 4.86. The van der Waals surface area contributed by atoms with E-state index in [2.05, 4.69) is 10.2 Å². The lowest BCUT2D eigenvalue weighted by molar-refractivity contribution is -0.139. The van der Waals surface area contributed by atoms with Crippen LogP contribution in [0, 0.1) is 0 Å². The Labute approximate surface area is 164 Å². The van der Waals surface area contributed by atoms with Gasteiger partial charge < -0.3 is 14.1 Å². The molecular weight excluding hydrogens is 354 g/mol. The topological polar surface area (TPSA) is 68.5 Å². The van der Waals surface area contributed by atoms with E-state index in [1.54, 1.807) is 0 Å². The van der Waals surface area contributed by atoms with Crippen molar-refractivity contribution in [3.05, 3.63) is 72.1 Å². The van der Waals surface area contributed by atoms with E-state index in [9.17, 15) is 4.79 Å². The van der Waals surface area contributed by atoms with Crippen molar-refractivity contribution in [2.75, 3.05) is 19.7 Å². The average Bonchev–Trinajstić information content (AvgIpc) is 3.24. The molecule has 28 heavy (non-hydrogen) atoms. The molecule has 0 spiro atoms. The Hall–Kier alpha value is -2.99. The fourth-order valence-corrected chi connectivity index (χ4v) is 3.35. The van der Waals surface area contributed by atoms with Crippen molar-refractivity contribution in [3.63, 3.8) is 0 Å². The van der Waals surface area contributed by atoms with Crippen LogP contribution < -0.4 is 0 Å². The van der Waals surface area contributed by atoms with Crippen LogP contribution in [0.3, 0.4) is 0 Å². The van der Waals surface area contributed by atoms with Gasteiger partial charge in [-0.25, -0.2) is 0 Å². The van der Waals surface area contributed by atoms with Crippen LogP contribution in [0.15, 0.2) is 65.1 Å². The molecule has 144 valence electrons. The monoisotopic (exact) mass is 377 g/mol. The molecule has 0 N–H and O–H groups in total. The van der Waals surface area contributed by atoms with Crippen molar-refractivity contribution in [2.45, 2.75) is 25.4 Å². The number of amides is 1. The molecule has 2 aromatic carbocycles. The van der Waals surface area contributed by atoms with Crippen LogP contribution in [-0.2, 0) is 16.0 Å². The first-order valence-corrected chi connectivity index (χ1v) is 9.62. The molecule has 3 aromatic rings. The van der Waals surface area contributed by atoms with Gasteiger partial charge in [0.1, 0.15) is 6.10 Å². The maximum Gasteiger partial charge on any atom is 0.247 e. The minimum atomic E-state index is -0.0525. The van der Waals surface area contributed by atoms with Crippen LogP contribution in [0.25, 0.3) is 11.5 Å². The SMILES string of the molecule is O=C(CCCc1nnc(-c2ccccc2)o1)N1CCOC(c2ccccc2)C1. The number of aryl methyl sites for hydroxylation is 1. The van der Waals surface area contributed by atoms with E-state index in [1.807, 2.05) is 65.6 Å². The molecule has 6 heteroatoms. The molecule has 1 aliphatic rings. The number of carbonyl (C=O) groups is 1. The molecule has 1 aromatic heterocycles. The second kappa shape index (κ2) is 8.80. The van der Waals surface area contributed by atoms with Crippen LogP contribution in [0.2, 0.25) is 0 Å². The summed E-state index contributed by atoms with van der Waals surface area (Å²) in [6, 6.07) is 19.7. The minimum Gasteiger partial charge on any atom is -0.421 e. The fraction of sp³-hybridized carbons (Fsp3) is 0.318. The third kappa shape index (κ3) is 4.46. The zero-order valence-electron chi connectivity index (χ0n) is 15.7. The maximum absolute atomic E-state index is 12.6. The highest BCUT2D eigenvalue weighted by Gasteiger charge is 2.25. The van der Waals surface area contributed by atoms with E-state index in [1.165, 1.54) is 0 Å². The van der Waals surface area contributed by atoms with Gasteiger partial charge in [0.25, 0.3) is 0 Å². The van der Waals surface area contributed by atoms with E-state index in [0.29, 0.717) is 50.7 Å². The van der Waals surface area contributed by atoms with Crippen molar-refractivity contribution in [1.29, 1.82) is 0 Å². The van der Waals surface area contributed by atoms with Gasteiger partial charge in [0.15, 0.2) is 0 Å². The molecular formula is C22H23N3O3. The Morgan fingerprint density at radius 2 is 1.79 bits per heavy atom. The van der Waals surface area contributed by atoms with E-state index < -0.39 is 0 Å². The number of rotatable bonds is 6. The number of aromatic nitrogens is 2. The Kier molecular flexibility index (Phi) is 5.77. The molecule has 4 rings (SSSR count). The van der Waals surface area contributed by atoms with Crippen LogP contribution in [0.1, 0.15) is 30.4 Å². The molecule has 1 saturated heterocycles. The van der Waals surface area contributed by atoms with Gasteiger partial charge in [-0.2, -0.15) is 0 Å². The second-order valence-corrected chi connectivity index (χ2v) is 6.83. The Balaban J connectivity index is 1.27. The molecule has 1 atom stereocenters. The van der Waals surface area contributed by atoms with Crippen molar-refractivity contribution in [1.82, 2.24) is 15.1 Å². The first-order chi connectivity index (χ1) is 13.8. The first kappa shape index (κ1) is 18.4. The van der Waals surface area contributed by atoms with Gasteiger partial charge in [-0.05, 0) is 24.1 Å². The van der Waals surface area contributed by atoms with E-state index in [-0.39, 0.29) is 12.0 Å². The number of hydrogen-bond donors (Lipinski definition) is 0. The summed E-state index contributed by atoms with van der Waals surface area (Å²) < 4.78 is 11.5. The van der Waals surface area contributed by atoms with Crippen LogP contribution in [-0.4, -0.2) is 40.7 Å². The fourth-order valence-electron chi connectivity index (χ4n) is 3.35. The van der Waals surface area contributed by atoms with Gasteiger partial charge in [0, 0.05) is 24.9 Å². The number of carbonyl (C=O) groups excluding carboxylic acids is 1. The summed E-state index contributed by atoms with van der Waals surface area (Å²) in [5, 5.41) is 8.18. The number of benzene rings is 2. The molecule has 1 aliphatic heterocycles. The lowest BCUT2D eigenvalue weighted by Gasteiger charge is -2.33. The minimum absolute atomic E-state index is 0.0525. The maximum atomic E-state index is 12.6. The lowest BCUT2D eigenvalue weighted by atomic mass is 10.1. The number of morpholine rings is 1. The second-order valence-electron chi connectivity index (χ2n) is 6.83. The Morgan fingerprint density at radius 1 is 1.04 bits per heavy atom. The van der Waals surface area contributed by atoms with Crippen molar-refractivity contribution in [2.24, 2.45) is 0 Å². The van der Waals surface area contributed by atoms with Crippen LogP contribution in [0.5, 0.6) is 0 Å². The lowest BCUT2D eigenvalue weighted by Crippen LogP contribution is -2.42. The van der Waals surface area contributed by atoms with E-state index >= 15 is 0 Å². The highest BCUT2D eigenvalue weighted by Crippen LogP contribution is 2.23. The standard InChI is InChI=1S/C22H23N3O3/c26-21(25-14-15-27-19(16-25)17-8-3-1-4-9-17)13-7-12-20-23-24-22(28-20)18-10-5-2-6-11-18/h1-6,8-11,19H,7,12-16H2. The highest BCUT2D eigenvalue weighted by atomic mass is 16.5. The Morgan fingerprint density at radius 3 is 2.57 bits per heavy atom. The van der Waals surface area contributed by atoms with Crippen LogP contribution >= 0.6 is 0 Å². The van der Waals surface area contributed by atoms with Gasteiger partial charge in [-0.3, -0.25) is 4.79 Å². The van der Waals surface area contributed by atoms with Crippen molar-refractivity contribution < 1.29 is 13.9 Å². The van der Waals surface area contributed by atoms with Crippen molar-refractivity contribution in [3.8, 4) is 11.5 Å². The first-order valence-electron chi connectivity index (χ1n) is 9.62. The summed E-state index contributed by atoms with van der Waals surface area (Å²) in [4.78, 5) is 14.5. The van der Waals surface area contributed by atoms with Crippen molar-refractivity contribution >= 4 is 5.91 Å². The summed E-state index contributed by atoms with van der Waals surface area (Å²) in [7, 11) is 0. The Bertz CT molecular complexity index is 896. The number of ether oxygens (including phenoxy) is 1. The summed E-state index contributed by atoms with van der Waals surface area (Å²) in [6.45, 7) is 1.80. The number of nitrogens with zero attached hydrogens (tertiary/aromatic N) is 3. The quantitative estimate of drug-likeness (QED) is 0.656. The van der Waals surface area contributed by atoms with Gasteiger partial charge in [-0.15, -0.1) is 10.2 Å². The summed E-state index contributed by atoms with van der Waals surface area (Å²) >= 11 is 0. The molecule has 0 bridgehead atoms. The molecule has 0 saturated carbocycles. The molecule has 2 heterocycles. The van der Waals surface area contributed by atoms with Gasteiger partial charge in [0.2, 0.25) is 17.7 Å². The summed E-state index contributed by atoms with van der Waals surface area (Å²) in [5.41, 5.74) is 2.01. The van der Waals surface area contributed by atoms with Gasteiger partial charge in [0.05, 0.1) is 13.2 Å². The largest absolute Gasteiger partial charge is 0.421 e. The summed E-state index contributed by atoms with van der Waals surface area (Å²) in [6.07, 6.45) is 1.69. The molecule has 0 aliphatic carbocycles. The molecule has 0 radical (unpaired) electrons. The summed E-state index contributed by atoms with van der Waals surface area (Å²) in [5.74, 6) is 1.23. The van der Waals surface area contributed by atoms with Gasteiger partial charge in [-0.1, -0.05) is 48.5 Å². The van der Waals surface area contributed by atoms with E-state index in [0.717, 1.165) is 11.1 Å². The number of hydrogen-bond acceptors (Lipinski definition) is 5. The predicted molar refractivity (Wildman–Crippen MR) is 104 cm³/mol. The van der Waals surface area contributed by atoms with E-state index in [4.69, 9.17) is 9.15 Å². The normalized spacial score (nSPS) is 16.9. The third-order valence-corrected chi connectivity index (χ3v) is 4.86. The molecule has 1 fully saturated rings. The zero-order chi connectivity index (χ0) is 19.2. The predicted octanol–water partition coefficient (Wildman–Crippen LogP) is 3.66. The zero-order valence-corrected chi connectivity index (χ0v) is 15.7. The molecule has 6 nitrogen and oxygen atoms in total. The smallest absolute Gasteiger partial charge is 0.247 e. The average molecular weight is 377 g/mol. The highest BCUT2D eigenvalue weighted by molar-refractivity contribution is 5.76. The van der Waals surface area contributed by atoms with Crippen LogP contribution in [0.4, 0.5) is 0 Å². The molecule has 1 unspecified atom stereocenters. The van der Waals surface area contributed by atoms with Gasteiger partial charge >= 0.3 is 0 Å². The molecule has 1 amide bonds.